The van der Waals surface area contributed by atoms with Gasteiger partial charge in [-0.05, 0) is 54.7 Å². The molecule has 2 aromatic heterocycles. The molecule has 35 heavy (non-hydrogen) atoms. The zero-order chi connectivity index (χ0) is 23.9. The lowest BCUT2D eigenvalue weighted by Crippen LogP contribution is -2.08. The van der Waals surface area contributed by atoms with Gasteiger partial charge in [-0.3, -0.25) is 0 Å². The van der Waals surface area contributed by atoms with E-state index in [1.165, 1.54) is 40.9 Å². The first-order valence-electron chi connectivity index (χ1n) is 12.6. The van der Waals surface area contributed by atoms with E-state index in [4.69, 9.17) is 15.7 Å². The van der Waals surface area contributed by atoms with Gasteiger partial charge in [-0.25, -0.2) is 9.97 Å². The highest BCUT2D eigenvalue weighted by atomic mass is 15.1. The van der Waals surface area contributed by atoms with Crippen molar-refractivity contribution in [2.45, 2.75) is 52.6 Å². The van der Waals surface area contributed by atoms with Gasteiger partial charge in [0.2, 0.25) is 0 Å². The van der Waals surface area contributed by atoms with E-state index < -0.39 is 0 Å². The van der Waals surface area contributed by atoms with Gasteiger partial charge in [0.1, 0.15) is 11.6 Å². The quantitative estimate of drug-likeness (QED) is 0.308. The molecule has 0 saturated carbocycles. The Labute approximate surface area is 206 Å². The summed E-state index contributed by atoms with van der Waals surface area (Å²) < 4.78 is 4.70. The molecule has 0 aliphatic carbocycles. The Morgan fingerprint density at radius 1 is 0.943 bits per heavy atom. The lowest BCUT2D eigenvalue weighted by molar-refractivity contribution is 0.522. The molecule has 3 heterocycles. The standard InChI is InChI=1S/C30H31N5/c1-3-28-33-30-20(2)16-23(26-19-34-15-7-6-10-29(34)32-26)17-27(30)35(28)18-21-11-13-22(14-12-21)24-8-4-5-9-25(24)31/h4-5,8-9,11-14,16-17,19H,3,6-7,10,15,18,31H2,1-2H3. The van der Waals surface area contributed by atoms with Crippen LogP contribution in [0.2, 0.25) is 0 Å². The molecule has 5 nitrogen and oxygen atoms in total. The number of nitrogens with zero attached hydrogens (tertiary/aromatic N) is 4. The molecular formula is C30H31N5. The Balaban J connectivity index is 1.38. The summed E-state index contributed by atoms with van der Waals surface area (Å²) in [6.45, 7) is 6.20. The van der Waals surface area contributed by atoms with Crippen molar-refractivity contribution in [1.82, 2.24) is 19.1 Å². The van der Waals surface area contributed by atoms with Crippen molar-refractivity contribution < 1.29 is 0 Å². The monoisotopic (exact) mass is 461 g/mol. The molecule has 0 radical (unpaired) electrons. The van der Waals surface area contributed by atoms with E-state index in [9.17, 15) is 0 Å². The maximum Gasteiger partial charge on any atom is 0.109 e. The van der Waals surface area contributed by atoms with Gasteiger partial charge in [0.25, 0.3) is 0 Å². The SMILES string of the molecule is CCc1nc2c(C)cc(-c3cn4c(n3)CCCC4)cc2n1Cc1ccc(-c2ccccc2N)cc1. The summed E-state index contributed by atoms with van der Waals surface area (Å²) in [5.74, 6) is 2.33. The minimum absolute atomic E-state index is 0.785. The third-order valence-electron chi connectivity index (χ3n) is 7.21. The van der Waals surface area contributed by atoms with E-state index in [1.807, 2.05) is 18.2 Å². The number of aromatic nitrogens is 4. The number of aryl methyl sites for hydroxylation is 4. The molecule has 0 saturated heterocycles. The normalized spacial score (nSPS) is 13.3. The number of hydrogen-bond donors (Lipinski definition) is 1. The molecule has 0 atom stereocenters. The first kappa shape index (κ1) is 21.7. The Kier molecular flexibility index (Phi) is 5.40. The first-order chi connectivity index (χ1) is 17.1. The number of benzene rings is 3. The van der Waals surface area contributed by atoms with Crippen LogP contribution in [0.5, 0.6) is 0 Å². The van der Waals surface area contributed by atoms with Crippen molar-refractivity contribution in [2.24, 2.45) is 0 Å². The summed E-state index contributed by atoms with van der Waals surface area (Å²) in [6.07, 6.45) is 6.66. The zero-order valence-electron chi connectivity index (χ0n) is 20.5. The van der Waals surface area contributed by atoms with Crippen LogP contribution in [-0.2, 0) is 25.9 Å². The predicted molar refractivity (Wildman–Crippen MR) is 143 cm³/mol. The topological polar surface area (TPSA) is 61.7 Å². The third-order valence-corrected chi connectivity index (χ3v) is 7.21. The molecule has 176 valence electrons. The highest BCUT2D eigenvalue weighted by molar-refractivity contribution is 5.85. The van der Waals surface area contributed by atoms with Gasteiger partial charge >= 0.3 is 0 Å². The summed E-state index contributed by atoms with van der Waals surface area (Å²) in [6, 6.07) is 21.3. The van der Waals surface area contributed by atoms with Gasteiger partial charge < -0.3 is 14.9 Å². The number of rotatable bonds is 5. The van der Waals surface area contributed by atoms with Crippen LogP contribution in [0.1, 0.15) is 42.5 Å². The lowest BCUT2D eigenvalue weighted by Gasteiger charge is -2.11. The van der Waals surface area contributed by atoms with Gasteiger partial charge in [-0.2, -0.15) is 0 Å². The van der Waals surface area contributed by atoms with E-state index in [-0.39, 0.29) is 0 Å². The average Bonchev–Trinajstić information content (AvgIpc) is 3.47. The third kappa shape index (κ3) is 3.91. The number of para-hydroxylation sites is 1. The van der Waals surface area contributed by atoms with E-state index in [0.717, 1.165) is 59.8 Å². The summed E-state index contributed by atoms with van der Waals surface area (Å²) in [5.41, 5.74) is 16.2. The molecule has 0 unspecified atom stereocenters. The fourth-order valence-electron chi connectivity index (χ4n) is 5.32. The second-order valence-electron chi connectivity index (χ2n) is 9.61. The van der Waals surface area contributed by atoms with E-state index >= 15 is 0 Å². The van der Waals surface area contributed by atoms with Crippen molar-refractivity contribution in [3.63, 3.8) is 0 Å². The molecule has 1 aliphatic heterocycles. The average molecular weight is 462 g/mol. The highest BCUT2D eigenvalue weighted by Crippen LogP contribution is 2.31. The molecule has 0 amide bonds. The van der Waals surface area contributed by atoms with Crippen LogP contribution < -0.4 is 5.73 Å². The minimum Gasteiger partial charge on any atom is -0.398 e. The molecule has 3 aromatic carbocycles. The van der Waals surface area contributed by atoms with Crippen LogP contribution >= 0.6 is 0 Å². The van der Waals surface area contributed by atoms with Crippen molar-refractivity contribution >= 4 is 16.7 Å². The van der Waals surface area contributed by atoms with E-state index in [1.54, 1.807) is 0 Å². The first-order valence-corrected chi connectivity index (χ1v) is 12.6. The Morgan fingerprint density at radius 3 is 2.54 bits per heavy atom. The van der Waals surface area contributed by atoms with E-state index in [0.29, 0.717) is 0 Å². The van der Waals surface area contributed by atoms with Crippen LogP contribution in [0.15, 0.2) is 66.9 Å². The number of nitrogen functional groups attached to an aromatic ring is 1. The van der Waals surface area contributed by atoms with Gasteiger partial charge in [-0.15, -0.1) is 0 Å². The molecule has 0 fully saturated rings. The van der Waals surface area contributed by atoms with Crippen molar-refractivity contribution in [3.8, 4) is 22.4 Å². The van der Waals surface area contributed by atoms with Crippen LogP contribution in [0.3, 0.4) is 0 Å². The summed E-state index contributed by atoms with van der Waals surface area (Å²) >= 11 is 0. The lowest BCUT2D eigenvalue weighted by atomic mass is 10.0. The fourth-order valence-corrected chi connectivity index (χ4v) is 5.32. The van der Waals surface area contributed by atoms with Gasteiger partial charge in [0, 0.05) is 48.9 Å². The second-order valence-corrected chi connectivity index (χ2v) is 9.61. The van der Waals surface area contributed by atoms with Gasteiger partial charge in [-0.1, -0.05) is 49.4 Å². The molecule has 0 bridgehead atoms. The molecule has 0 spiro atoms. The fraction of sp³-hybridized carbons (Fsp3) is 0.267. The van der Waals surface area contributed by atoms with Crippen LogP contribution in [-0.4, -0.2) is 19.1 Å². The van der Waals surface area contributed by atoms with E-state index in [2.05, 4.69) is 71.6 Å². The van der Waals surface area contributed by atoms with Crippen molar-refractivity contribution in [2.75, 3.05) is 5.73 Å². The summed E-state index contributed by atoms with van der Waals surface area (Å²) in [4.78, 5) is 10.0. The Morgan fingerprint density at radius 2 is 1.77 bits per heavy atom. The number of fused-ring (bicyclic) bond motifs is 2. The second kappa shape index (κ2) is 8.73. The van der Waals surface area contributed by atoms with Gasteiger partial charge in [0.05, 0.1) is 16.7 Å². The van der Waals surface area contributed by atoms with Crippen LogP contribution in [0.4, 0.5) is 5.69 Å². The number of anilines is 1. The Bertz CT molecular complexity index is 1500. The molecule has 1 aliphatic rings. The molecule has 5 heteroatoms. The predicted octanol–water partition coefficient (Wildman–Crippen LogP) is 6.40. The molecule has 6 rings (SSSR count). The maximum absolute atomic E-state index is 6.19. The smallest absolute Gasteiger partial charge is 0.109 e. The number of hydrogen-bond acceptors (Lipinski definition) is 3. The zero-order valence-corrected chi connectivity index (χ0v) is 20.5. The number of nitrogens with two attached hydrogens (primary N) is 1. The van der Waals surface area contributed by atoms with Gasteiger partial charge in [0.15, 0.2) is 0 Å². The summed E-state index contributed by atoms with van der Waals surface area (Å²) in [7, 11) is 0. The highest BCUT2D eigenvalue weighted by Gasteiger charge is 2.17. The number of imidazole rings is 2. The molecule has 5 aromatic rings. The maximum atomic E-state index is 6.19. The van der Waals surface area contributed by atoms with Crippen LogP contribution in [0.25, 0.3) is 33.4 Å². The van der Waals surface area contributed by atoms with Crippen LogP contribution in [0, 0.1) is 6.92 Å². The van der Waals surface area contributed by atoms with Crippen molar-refractivity contribution in [1.29, 1.82) is 0 Å². The Hall–Kier alpha value is -3.86. The largest absolute Gasteiger partial charge is 0.398 e. The molecule has 2 N–H and O–H groups in total. The minimum atomic E-state index is 0.785. The summed E-state index contributed by atoms with van der Waals surface area (Å²) in [5, 5.41) is 0. The molecular weight excluding hydrogens is 430 g/mol. The van der Waals surface area contributed by atoms with Crippen molar-refractivity contribution in [3.05, 3.63) is 89.6 Å².